The van der Waals surface area contributed by atoms with Gasteiger partial charge in [-0.25, -0.2) is 0 Å². The van der Waals surface area contributed by atoms with E-state index >= 15 is 0 Å². The summed E-state index contributed by atoms with van der Waals surface area (Å²) in [6.45, 7) is 39.6. The molecule has 0 aliphatic rings. The summed E-state index contributed by atoms with van der Waals surface area (Å²) in [5.41, 5.74) is 1.66. The minimum atomic E-state index is -3.97. The van der Waals surface area contributed by atoms with Gasteiger partial charge in [-0.15, -0.1) is 0 Å². The fourth-order valence-corrected chi connectivity index (χ4v) is 11.1. The van der Waals surface area contributed by atoms with E-state index in [9.17, 15) is 28.8 Å². The van der Waals surface area contributed by atoms with Gasteiger partial charge >= 0.3 is 246 Å². The van der Waals surface area contributed by atoms with Crippen LogP contribution >= 0.6 is 0 Å². The number of unbranched alkanes of at least 4 members (excludes halogenated alkanes) is 12. The molecule has 0 aromatic rings. The Labute approximate surface area is 464 Å². The normalized spacial score (nSPS) is 12.4. The fraction of sp³-hybridized carbons (Fsp3) is 0.900. The van der Waals surface area contributed by atoms with E-state index in [1.54, 1.807) is 0 Å². The van der Waals surface area contributed by atoms with Crippen LogP contribution in [-0.2, 0) is 51.2 Å². The van der Waals surface area contributed by atoms with Crippen molar-refractivity contribution in [2.75, 3.05) is 0 Å². The zero-order valence-electron chi connectivity index (χ0n) is 51.1. The average Bonchev–Trinajstić information content (AvgIpc) is 3.20. The van der Waals surface area contributed by atoms with Crippen molar-refractivity contribution >= 4 is 66.2 Å². The number of hydrogen-bond acceptors (Lipinski definition) is 12. The van der Waals surface area contributed by atoms with E-state index in [0.717, 1.165) is 135 Å². The SMILES string of the molecule is CC(C)(C)CCCCCC(=O)OB(OC(=O)CCCCCC(C)(C)C)OC(=O)CCCCCC(C)(C)C.CC(C)(C)CCCCCC(=O)[O][Bi]([O]C(=O)CCCCCC(C)(C)C)[O]C(=O)CCCCCC(C)(C)C. The van der Waals surface area contributed by atoms with Gasteiger partial charge in [0, 0.05) is 19.3 Å². The summed E-state index contributed by atoms with van der Waals surface area (Å²) in [6.07, 6.45) is 24.0. The molecule has 0 saturated heterocycles. The first-order valence-electron chi connectivity index (χ1n) is 28.9. The topological polar surface area (TPSA) is 158 Å². The Balaban J connectivity index is 0. The molecule has 0 radical (unpaired) electrons. The van der Waals surface area contributed by atoms with Crippen LogP contribution in [0.2, 0.25) is 0 Å². The Morgan fingerprint density at radius 2 is 0.419 bits per heavy atom. The molecule has 14 heteroatoms. The fourth-order valence-electron chi connectivity index (χ4n) is 7.62. The van der Waals surface area contributed by atoms with Gasteiger partial charge in [0.1, 0.15) is 0 Å². The minimum absolute atomic E-state index is 0.204. The molecule has 0 saturated carbocycles. The standard InChI is InChI=1S/C30H57BO6.3C10H20O2.Bi/c1-28(2,3)22-16-10-13-19-25(32)35-31(36-26(33)20-14-11-17-23-29(4,5)6)37-27(34)21-15-12-18-24-30(7,8)9;3*1-10(2,3)8-6-4-5-7-9(11)12;/h10-24H2,1-9H3;3*4-8H2,1-3H3,(H,11,12);/q;;;;+3/p-3. The molecule has 434 valence electrons. The Morgan fingerprint density at radius 1 is 0.257 bits per heavy atom. The second-order valence-electron chi connectivity index (χ2n) is 28.1. The Morgan fingerprint density at radius 3 is 0.581 bits per heavy atom. The van der Waals surface area contributed by atoms with Gasteiger partial charge in [-0.2, -0.15) is 0 Å². The molecule has 0 amide bonds. The van der Waals surface area contributed by atoms with Gasteiger partial charge in [0.25, 0.3) is 17.9 Å². The summed E-state index contributed by atoms with van der Waals surface area (Å²) >= 11 is -3.97. The third-order valence-electron chi connectivity index (χ3n) is 12.1. The predicted molar refractivity (Wildman–Crippen MR) is 303 cm³/mol. The third-order valence-corrected chi connectivity index (χ3v) is 16.2. The van der Waals surface area contributed by atoms with Crippen molar-refractivity contribution in [2.24, 2.45) is 32.5 Å². The molecule has 0 fully saturated rings. The molecular weight excluding hydrogens is 1130 g/mol. The van der Waals surface area contributed by atoms with Gasteiger partial charge in [-0.1, -0.05) is 101 Å². The van der Waals surface area contributed by atoms with Crippen LogP contribution in [-0.4, -0.2) is 66.2 Å². The number of hydrogen-bond donors (Lipinski definition) is 0. The van der Waals surface area contributed by atoms with Crippen LogP contribution in [0.15, 0.2) is 0 Å². The molecule has 0 atom stereocenters. The maximum absolute atomic E-state index is 12.4. The first-order chi connectivity index (χ1) is 33.9. The molecule has 0 unspecified atom stereocenters. The van der Waals surface area contributed by atoms with Crippen LogP contribution < -0.4 is 0 Å². The van der Waals surface area contributed by atoms with E-state index in [1.807, 2.05) is 0 Å². The van der Waals surface area contributed by atoms with Gasteiger partial charge < -0.3 is 14.0 Å². The van der Waals surface area contributed by atoms with E-state index in [4.69, 9.17) is 22.4 Å². The quantitative estimate of drug-likeness (QED) is 0.0432. The summed E-state index contributed by atoms with van der Waals surface area (Å²) in [5, 5.41) is 0. The predicted octanol–water partition coefficient (Wildman–Crippen LogP) is 17.2. The monoisotopic (exact) mass is 1250 g/mol. The number of carbonyl (C=O) groups excluding carboxylic acids is 6. The van der Waals surface area contributed by atoms with Crippen molar-refractivity contribution in [2.45, 2.75) is 317 Å². The molecule has 0 N–H and O–H groups in total. The van der Waals surface area contributed by atoms with Crippen molar-refractivity contribution in [3.05, 3.63) is 0 Å². The van der Waals surface area contributed by atoms with Crippen LogP contribution in [0.4, 0.5) is 0 Å². The molecule has 0 spiro atoms. The molecule has 12 nitrogen and oxygen atoms in total. The molecule has 0 bridgehead atoms. The second-order valence-corrected chi connectivity index (χ2v) is 32.0. The zero-order chi connectivity index (χ0) is 57.1. The van der Waals surface area contributed by atoms with Crippen LogP contribution in [0.5, 0.6) is 0 Å². The van der Waals surface area contributed by atoms with Gasteiger partial charge in [-0.05, 0) is 54.8 Å². The molecule has 0 aromatic heterocycles. The Hall–Kier alpha value is -2.23. The molecule has 0 aliphatic carbocycles. The first-order valence-corrected chi connectivity index (χ1v) is 33.2. The molecule has 0 aliphatic heterocycles. The average molecular weight is 1250 g/mol. The van der Waals surface area contributed by atoms with Crippen LogP contribution in [0.1, 0.15) is 317 Å². The molecule has 0 rings (SSSR count). The summed E-state index contributed by atoms with van der Waals surface area (Å²) in [4.78, 5) is 74.3. The third kappa shape index (κ3) is 57.5. The second kappa shape index (κ2) is 39.2. The molecular formula is C60H114BBiO12. The van der Waals surface area contributed by atoms with Crippen molar-refractivity contribution < 1.29 is 51.2 Å². The molecule has 0 heterocycles. The number of rotatable bonds is 36. The van der Waals surface area contributed by atoms with Crippen molar-refractivity contribution in [1.29, 1.82) is 0 Å². The van der Waals surface area contributed by atoms with Gasteiger partial charge in [-0.3, -0.25) is 14.4 Å². The van der Waals surface area contributed by atoms with E-state index in [1.165, 1.54) is 0 Å². The Bertz CT molecular complexity index is 1240. The van der Waals surface area contributed by atoms with E-state index in [2.05, 4.69) is 125 Å². The molecule has 0 aromatic carbocycles. The van der Waals surface area contributed by atoms with Gasteiger partial charge in [0.15, 0.2) is 0 Å². The van der Waals surface area contributed by atoms with E-state index < -0.39 is 66.2 Å². The summed E-state index contributed by atoms with van der Waals surface area (Å²) < 4.78 is 32.2. The van der Waals surface area contributed by atoms with Crippen LogP contribution in [0, 0.1) is 32.5 Å². The molecule has 74 heavy (non-hydrogen) atoms. The van der Waals surface area contributed by atoms with Gasteiger partial charge in [0.2, 0.25) is 0 Å². The van der Waals surface area contributed by atoms with Crippen LogP contribution in [0.3, 0.4) is 0 Å². The summed E-state index contributed by atoms with van der Waals surface area (Å²) in [6, 6.07) is 0. The maximum atomic E-state index is 12.4. The first kappa shape index (κ1) is 73.8. The van der Waals surface area contributed by atoms with Crippen LogP contribution in [0.25, 0.3) is 0 Å². The summed E-state index contributed by atoms with van der Waals surface area (Å²) in [5.74, 6) is -2.83. The Kier molecular flexibility index (Phi) is 39.1. The van der Waals surface area contributed by atoms with E-state index in [0.29, 0.717) is 19.3 Å². The van der Waals surface area contributed by atoms with Crippen molar-refractivity contribution in [3.63, 3.8) is 0 Å². The van der Waals surface area contributed by atoms with Gasteiger partial charge in [0.05, 0.1) is 0 Å². The summed E-state index contributed by atoms with van der Waals surface area (Å²) in [7, 11) is -1.61. The van der Waals surface area contributed by atoms with E-state index in [-0.39, 0.29) is 71.0 Å². The van der Waals surface area contributed by atoms with Crippen molar-refractivity contribution in [1.82, 2.24) is 0 Å². The number of carbonyl (C=O) groups is 6. The van der Waals surface area contributed by atoms with Crippen molar-refractivity contribution in [3.8, 4) is 0 Å². The zero-order valence-corrected chi connectivity index (χ0v) is 54.6.